The van der Waals surface area contributed by atoms with Crippen LogP contribution >= 0.6 is 0 Å². The lowest BCUT2D eigenvalue weighted by Gasteiger charge is -2.31. The summed E-state index contributed by atoms with van der Waals surface area (Å²) >= 11 is 0. The van der Waals surface area contributed by atoms with Gasteiger partial charge in [-0.2, -0.15) is 13.2 Å². The summed E-state index contributed by atoms with van der Waals surface area (Å²) in [6, 6.07) is 0. The van der Waals surface area contributed by atoms with Gasteiger partial charge in [-0.1, -0.05) is 19.8 Å². The molecule has 2 unspecified atom stereocenters. The predicted octanol–water partition coefficient (Wildman–Crippen LogP) is 2.74. The Morgan fingerprint density at radius 1 is 1.31 bits per heavy atom. The van der Waals surface area contributed by atoms with Crippen molar-refractivity contribution in [2.45, 2.75) is 44.9 Å². The van der Waals surface area contributed by atoms with E-state index < -0.39 is 18.2 Å². The number of aliphatic hydroxyl groups excluding tert-OH is 1. The molecular formula is C9H15F3O. The van der Waals surface area contributed by atoms with Gasteiger partial charge in [0.25, 0.3) is 0 Å². The van der Waals surface area contributed by atoms with Gasteiger partial charge in [-0.25, -0.2) is 0 Å². The summed E-state index contributed by atoms with van der Waals surface area (Å²) in [5.41, 5.74) is 0. The van der Waals surface area contributed by atoms with Crippen molar-refractivity contribution in [2.75, 3.05) is 0 Å². The van der Waals surface area contributed by atoms with E-state index in [1.165, 1.54) is 0 Å². The first-order valence-corrected chi connectivity index (χ1v) is 4.66. The van der Waals surface area contributed by atoms with E-state index in [4.69, 9.17) is 5.11 Å². The first-order valence-electron chi connectivity index (χ1n) is 4.66. The van der Waals surface area contributed by atoms with Crippen LogP contribution in [0.1, 0.15) is 32.6 Å². The second-order valence-electron chi connectivity index (χ2n) is 4.02. The van der Waals surface area contributed by atoms with Crippen molar-refractivity contribution < 1.29 is 18.3 Å². The zero-order chi connectivity index (χ0) is 10.1. The average Bonchev–Trinajstić information content (AvgIpc) is 2.01. The van der Waals surface area contributed by atoms with E-state index in [-0.39, 0.29) is 0 Å². The number of hydrogen-bond acceptors (Lipinski definition) is 1. The molecule has 0 aliphatic heterocycles. The number of hydrogen-bond donors (Lipinski definition) is 1. The molecule has 1 saturated carbocycles. The Kier molecular flexibility index (Phi) is 3.22. The molecule has 4 heteroatoms. The molecule has 0 aromatic rings. The zero-order valence-electron chi connectivity index (χ0n) is 7.64. The maximum Gasteiger partial charge on any atom is 0.414 e. The van der Waals surface area contributed by atoms with Gasteiger partial charge in [0.1, 0.15) is 0 Å². The first kappa shape index (κ1) is 10.8. The standard InChI is InChI=1S/C9H15F3O/c1-6-3-2-4-7(5-6)8(13)9(10,11)12/h6-8,13H,2-5H2,1H3/t6?,7?,8-/m1/s1. The minimum atomic E-state index is -4.44. The molecule has 1 rings (SSSR count). The molecule has 1 aliphatic rings. The van der Waals surface area contributed by atoms with E-state index in [9.17, 15) is 13.2 Å². The van der Waals surface area contributed by atoms with Gasteiger partial charge < -0.3 is 5.11 Å². The van der Waals surface area contributed by atoms with Crippen LogP contribution in [0, 0.1) is 11.8 Å². The van der Waals surface area contributed by atoms with E-state index in [0.717, 1.165) is 12.8 Å². The number of rotatable bonds is 1. The summed E-state index contributed by atoms with van der Waals surface area (Å²) in [5.74, 6) is -0.264. The van der Waals surface area contributed by atoms with Gasteiger partial charge in [0.2, 0.25) is 0 Å². The minimum Gasteiger partial charge on any atom is -0.383 e. The molecule has 0 spiro atoms. The Labute approximate surface area is 75.9 Å². The van der Waals surface area contributed by atoms with Crippen LogP contribution in [0.2, 0.25) is 0 Å². The van der Waals surface area contributed by atoms with Crippen molar-refractivity contribution in [2.24, 2.45) is 11.8 Å². The average molecular weight is 196 g/mol. The molecule has 0 radical (unpaired) electrons. The van der Waals surface area contributed by atoms with E-state index >= 15 is 0 Å². The summed E-state index contributed by atoms with van der Waals surface area (Å²) in [6.45, 7) is 1.94. The van der Waals surface area contributed by atoms with Crippen molar-refractivity contribution >= 4 is 0 Å². The predicted molar refractivity (Wildman–Crippen MR) is 43.2 cm³/mol. The molecule has 1 N–H and O–H groups in total. The molecule has 0 aromatic heterocycles. The second-order valence-corrected chi connectivity index (χ2v) is 4.02. The molecule has 0 amide bonds. The van der Waals surface area contributed by atoms with Crippen LogP contribution in [0.3, 0.4) is 0 Å². The molecule has 1 aliphatic carbocycles. The van der Waals surface area contributed by atoms with Crippen LogP contribution in [0.25, 0.3) is 0 Å². The molecule has 0 saturated heterocycles. The van der Waals surface area contributed by atoms with E-state index in [1.807, 2.05) is 6.92 Å². The fourth-order valence-electron chi connectivity index (χ4n) is 2.04. The molecule has 1 fully saturated rings. The summed E-state index contributed by atoms with van der Waals surface area (Å²) in [6.07, 6.45) is -3.76. The molecule has 13 heavy (non-hydrogen) atoms. The second kappa shape index (κ2) is 3.86. The fraction of sp³-hybridized carbons (Fsp3) is 1.00. The Hall–Kier alpha value is -0.250. The lowest BCUT2D eigenvalue weighted by atomic mass is 9.79. The van der Waals surface area contributed by atoms with E-state index in [2.05, 4.69) is 0 Å². The Morgan fingerprint density at radius 3 is 2.38 bits per heavy atom. The third-order valence-corrected chi connectivity index (χ3v) is 2.76. The SMILES string of the molecule is CC1CCCC([C@@H](O)C(F)(F)F)C1. The van der Waals surface area contributed by atoms with Crippen molar-refractivity contribution in [3.8, 4) is 0 Å². The summed E-state index contributed by atoms with van der Waals surface area (Å²) < 4.78 is 36.3. The molecular weight excluding hydrogens is 181 g/mol. The van der Waals surface area contributed by atoms with Crippen molar-refractivity contribution in [1.82, 2.24) is 0 Å². The largest absolute Gasteiger partial charge is 0.414 e. The van der Waals surface area contributed by atoms with Crippen molar-refractivity contribution in [3.05, 3.63) is 0 Å². The molecule has 0 bridgehead atoms. The van der Waals surface area contributed by atoms with Crippen LogP contribution < -0.4 is 0 Å². The van der Waals surface area contributed by atoms with E-state index in [1.54, 1.807) is 0 Å². The molecule has 0 aromatic carbocycles. The van der Waals surface area contributed by atoms with Gasteiger partial charge in [0.05, 0.1) is 0 Å². The minimum absolute atomic E-state index is 0.316. The molecule has 0 heterocycles. The first-order chi connectivity index (χ1) is 5.91. The van der Waals surface area contributed by atoms with Gasteiger partial charge >= 0.3 is 6.18 Å². The summed E-state index contributed by atoms with van der Waals surface area (Å²) in [5, 5.41) is 9.00. The van der Waals surface area contributed by atoms with Crippen LogP contribution in [-0.2, 0) is 0 Å². The Bertz CT molecular complexity index is 167. The van der Waals surface area contributed by atoms with Crippen LogP contribution in [0.5, 0.6) is 0 Å². The monoisotopic (exact) mass is 196 g/mol. The number of halogens is 3. The smallest absolute Gasteiger partial charge is 0.383 e. The third kappa shape index (κ3) is 2.86. The van der Waals surface area contributed by atoms with Gasteiger partial charge in [-0.15, -0.1) is 0 Å². The quantitative estimate of drug-likeness (QED) is 0.683. The van der Waals surface area contributed by atoms with Gasteiger partial charge in [-0.05, 0) is 24.7 Å². The topological polar surface area (TPSA) is 20.2 Å². The maximum atomic E-state index is 12.1. The van der Waals surface area contributed by atoms with Gasteiger partial charge in [0.15, 0.2) is 6.10 Å². The van der Waals surface area contributed by atoms with E-state index in [0.29, 0.717) is 18.8 Å². The lowest BCUT2D eigenvalue weighted by molar-refractivity contribution is -0.223. The molecule has 1 nitrogen and oxygen atoms in total. The summed E-state index contributed by atoms with van der Waals surface area (Å²) in [4.78, 5) is 0. The molecule has 3 atom stereocenters. The van der Waals surface area contributed by atoms with Crippen LogP contribution in [0.4, 0.5) is 13.2 Å². The fourth-order valence-corrected chi connectivity index (χ4v) is 2.04. The lowest BCUT2D eigenvalue weighted by Crippen LogP contribution is -2.38. The third-order valence-electron chi connectivity index (χ3n) is 2.76. The molecule has 78 valence electrons. The number of alkyl halides is 3. The summed E-state index contributed by atoms with van der Waals surface area (Å²) in [7, 11) is 0. The Morgan fingerprint density at radius 2 is 1.92 bits per heavy atom. The zero-order valence-corrected chi connectivity index (χ0v) is 7.64. The van der Waals surface area contributed by atoms with Crippen LogP contribution in [0.15, 0.2) is 0 Å². The van der Waals surface area contributed by atoms with Gasteiger partial charge in [-0.3, -0.25) is 0 Å². The highest BCUT2D eigenvalue weighted by molar-refractivity contribution is 4.80. The highest BCUT2D eigenvalue weighted by Crippen LogP contribution is 2.36. The van der Waals surface area contributed by atoms with Gasteiger partial charge in [0, 0.05) is 0 Å². The van der Waals surface area contributed by atoms with Crippen molar-refractivity contribution in [1.29, 1.82) is 0 Å². The normalized spacial score (nSPS) is 33.0. The highest BCUT2D eigenvalue weighted by atomic mass is 19.4. The Balaban J connectivity index is 2.51. The number of aliphatic hydroxyl groups is 1. The van der Waals surface area contributed by atoms with Crippen molar-refractivity contribution in [3.63, 3.8) is 0 Å². The maximum absolute atomic E-state index is 12.1. The highest BCUT2D eigenvalue weighted by Gasteiger charge is 2.44. The van der Waals surface area contributed by atoms with Crippen LogP contribution in [-0.4, -0.2) is 17.4 Å².